The largest absolute Gasteiger partial charge is 0.464 e. The first-order valence-electron chi connectivity index (χ1n) is 7.54. The first kappa shape index (κ1) is 17.0. The molecule has 6 heteroatoms. The summed E-state index contributed by atoms with van der Waals surface area (Å²) in [7, 11) is 0. The number of halogens is 2. The Balaban J connectivity index is 2.09. The molecule has 0 bridgehead atoms. The van der Waals surface area contributed by atoms with E-state index in [9.17, 15) is 8.78 Å². The van der Waals surface area contributed by atoms with Crippen LogP contribution in [0.1, 0.15) is 37.0 Å². The minimum absolute atomic E-state index is 0.0445. The average molecular weight is 321 g/mol. The molecule has 23 heavy (non-hydrogen) atoms. The zero-order valence-corrected chi connectivity index (χ0v) is 13.5. The minimum Gasteiger partial charge on any atom is -0.464 e. The molecule has 2 N–H and O–H groups in total. The topological polar surface area (TPSA) is 49.6 Å². The molecule has 0 amide bonds. The van der Waals surface area contributed by atoms with Gasteiger partial charge in [-0.25, -0.2) is 13.8 Å². The molecule has 1 heterocycles. The van der Waals surface area contributed by atoms with Gasteiger partial charge in [-0.3, -0.25) is 0 Å². The summed E-state index contributed by atoms with van der Waals surface area (Å²) >= 11 is 0. The van der Waals surface area contributed by atoms with Gasteiger partial charge < -0.3 is 15.1 Å². The van der Waals surface area contributed by atoms with E-state index in [-0.39, 0.29) is 18.2 Å². The average Bonchev–Trinajstić information content (AvgIpc) is 2.95. The van der Waals surface area contributed by atoms with E-state index in [4.69, 9.17) is 4.42 Å². The molecule has 0 saturated heterocycles. The summed E-state index contributed by atoms with van der Waals surface area (Å²) in [5.74, 6) is 1.18. The number of nitrogens with zero attached hydrogens (tertiary/aromatic N) is 1. The Morgan fingerprint density at radius 3 is 2.70 bits per heavy atom. The van der Waals surface area contributed by atoms with Crippen LogP contribution in [-0.4, -0.2) is 12.5 Å². The summed E-state index contributed by atoms with van der Waals surface area (Å²) in [5, 5.41) is 6.26. The molecule has 0 aliphatic heterocycles. The van der Waals surface area contributed by atoms with E-state index in [2.05, 4.69) is 15.6 Å². The van der Waals surface area contributed by atoms with E-state index in [0.717, 1.165) is 29.7 Å². The van der Waals surface area contributed by atoms with Gasteiger partial charge in [0.05, 0.1) is 12.6 Å². The number of rotatable bonds is 5. The Kier molecular flexibility index (Phi) is 5.73. The number of guanidine groups is 1. The highest BCUT2D eigenvalue weighted by Crippen LogP contribution is 2.15. The van der Waals surface area contributed by atoms with Gasteiger partial charge in [0, 0.05) is 12.1 Å². The maximum Gasteiger partial charge on any atom is 0.192 e. The third kappa shape index (κ3) is 4.81. The molecule has 0 aliphatic carbocycles. The van der Waals surface area contributed by atoms with Crippen molar-refractivity contribution in [1.82, 2.24) is 10.6 Å². The number of benzene rings is 1. The molecule has 0 radical (unpaired) electrons. The Hall–Kier alpha value is -2.37. The molecule has 1 atom stereocenters. The molecule has 0 aliphatic rings. The van der Waals surface area contributed by atoms with Gasteiger partial charge in [-0.1, -0.05) is 0 Å². The van der Waals surface area contributed by atoms with Crippen molar-refractivity contribution < 1.29 is 13.2 Å². The van der Waals surface area contributed by atoms with Gasteiger partial charge in [-0.2, -0.15) is 0 Å². The van der Waals surface area contributed by atoms with Gasteiger partial charge in [-0.05, 0) is 51.1 Å². The fourth-order valence-electron chi connectivity index (χ4n) is 2.11. The smallest absolute Gasteiger partial charge is 0.192 e. The molecule has 0 saturated carbocycles. The number of furan rings is 1. The van der Waals surface area contributed by atoms with E-state index >= 15 is 0 Å². The van der Waals surface area contributed by atoms with Crippen LogP contribution in [0.3, 0.4) is 0 Å². The van der Waals surface area contributed by atoms with Gasteiger partial charge in [0.2, 0.25) is 0 Å². The van der Waals surface area contributed by atoms with Crippen molar-refractivity contribution in [3.05, 3.63) is 59.1 Å². The molecule has 124 valence electrons. The van der Waals surface area contributed by atoms with E-state index in [1.165, 1.54) is 0 Å². The van der Waals surface area contributed by atoms with Crippen LogP contribution in [-0.2, 0) is 6.54 Å². The number of hydrogen-bond donors (Lipinski definition) is 2. The lowest BCUT2D eigenvalue weighted by Crippen LogP contribution is -2.38. The predicted molar refractivity (Wildman–Crippen MR) is 86.2 cm³/mol. The zero-order chi connectivity index (χ0) is 16.8. The summed E-state index contributed by atoms with van der Waals surface area (Å²) in [5.41, 5.74) is 0.212. The number of hydrogen-bond acceptors (Lipinski definition) is 2. The van der Waals surface area contributed by atoms with Gasteiger partial charge >= 0.3 is 0 Å². The molecule has 1 unspecified atom stereocenters. The van der Waals surface area contributed by atoms with Gasteiger partial charge in [0.25, 0.3) is 0 Å². The maximum absolute atomic E-state index is 13.6. The summed E-state index contributed by atoms with van der Waals surface area (Å²) in [6, 6.07) is 7.03. The Morgan fingerprint density at radius 1 is 1.26 bits per heavy atom. The van der Waals surface area contributed by atoms with Crippen LogP contribution in [0.4, 0.5) is 8.78 Å². The van der Waals surface area contributed by atoms with E-state index < -0.39 is 11.6 Å². The molecule has 0 fully saturated rings. The van der Waals surface area contributed by atoms with Gasteiger partial charge in [-0.15, -0.1) is 0 Å². The lowest BCUT2D eigenvalue weighted by atomic mass is 10.2. The van der Waals surface area contributed by atoms with Crippen LogP contribution < -0.4 is 10.6 Å². The second kappa shape index (κ2) is 7.76. The van der Waals surface area contributed by atoms with Crippen molar-refractivity contribution in [2.45, 2.75) is 33.4 Å². The predicted octanol–water partition coefficient (Wildman–Crippen LogP) is 3.68. The first-order chi connectivity index (χ1) is 11.0. The monoisotopic (exact) mass is 321 g/mol. The second-order valence-corrected chi connectivity index (χ2v) is 5.25. The molecule has 2 rings (SSSR count). The molecular formula is C17H21F2N3O. The van der Waals surface area contributed by atoms with Crippen molar-refractivity contribution in [3.63, 3.8) is 0 Å². The third-order valence-electron chi connectivity index (χ3n) is 3.30. The van der Waals surface area contributed by atoms with E-state index in [0.29, 0.717) is 12.5 Å². The Labute approximate surface area is 134 Å². The SMILES string of the molecule is CCNC(=NCc1cc(F)ccc1F)NC(C)c1ccc(C)o1. The summed E-state index contributed by atoms with van der Waals surface area (Å²) < 4.78 is 32.4. The Morgan fingerprint density at radius 2 is 2.04 bits per heavy atom. The Bertz CT molecular complexity index is 682. The highest BCUT2D eigenvalue weighted by Gasteiger charge is 2.11. The lowest BCUT2D eigenvalue weighted by molar-refractivity contribution is 0.441. The fraction of sp³-hybridized carbons (Fsp3) is 0.353. The number of aryl methyl sites for hydroxylation is 1. The number of aliphatic imine (C=N–C) groups is 1. The standard InChI is InChI=1S/C17H21F2N3O/c1-4-20-17(22-12(3)16-8-5-11(2)23-16)21-10-13-9-14(18)6-7-15(13)19/h5-9,12H,4,10H2,1-3H3,(H2,20,21,22). The lowest BCUT2D eigenvalue weighted by Gasteiger charge is -2.16. The summed E-state index contributed by atoms with van der Waals surface area (Å²) in [6.07, 6.45) is 0. The highest BCUT2D eigenvalue weighted by atomic mass is 19.1. The van der Waals surface area contributed by atoms with Crippen LogP contribution in [0.5, 0.6) is 0 Å². The normalized spacial score (nSPS) is 13.0. The number of nitrogens with one attached hydrogen (secondary N) is 2. The van der Waals surface area contributed by atoms with Crippen LogP contribution >= 0.6 is 0 Å². The zero-order valence-electron chi connectivity index (χ0n) is 13.5. The quantitative estimate of drug-likeness (QED) is 0.652. The second-order valence-electron chi connectivity index (χ2n) is 5.25. The minimum atomic E-state index is -0.478. The third-order valence-corrected chi connectivity index (χ3v) is 3.30. The fourth-order valence-corrected chi connectivity index (χ4v) is 2.11. The van der Waals surface area contributed by atoms with Crippen molar-refractivity contribution in [2.75, 3.05) is 6.54 Å². The van der Waals surface area contributed by atoms with Gasteiger partial charge in [0.1, 0.15) is 23.2 Å². The first-order valence-corrected chi connectivity index (χ1v) is 7.54. The van der Waals surface area contributed by atoms with Crippen molar-refractivity contribution in [2.24, 2.45) is 4.99 Å². The van der Waals surface area contributed by atoms with E-state index in [1.807, 2.05) is 32.9 Å². The summed E-state index contributed by atoms with van der Waals surface area (Å²) in [4.78, 5) is 4.30. The molecule has 1 aromatic heterocycles. The molecule has 0 spiro atoms. The van der Waals surface area contributed by atoms with Crippen LogP contribution in [0.2, 0.25) is 0 Å². The summed E-state index contributed by atoms with van der Waals surface area (Å²) in [6.45, 7) is 6.45. The van der Waals surface area contributed by atoms with Gasteiger partial charge in [0.15, 0.2) is 5.96 Å². The van der Waals surface area contributed by atoms with Crippen molar-refractivity contribution >= 4 is 5.96 Å². The van der Waals surface area contributed by atoms with Crippen LogP contribution in [0.15, 0.2) is 39.7 Å². The molecule has 1 aromatic carbocycles. The highest BCUT2D eigenvalue weighted by molar-refractivity contribution is 5.80. The molecular weight excluding hydrogens is 300 g/mol. The van der Waals surface area contributed by atoms with Crippen LogP contribution in [0.25, 0.3) is 0 Å². The van der Waals surface area contributed by atoms with E-state index in [1.54, 1.807) is 0 Å². The van der Waals surface area contributed by atoms with Crippen molar-refractivity contribution in [3.8, 4) is 0 Å². The van der Waals surface area contributed by atoms with Crippen LogP contribution in [0, 0.1) is 18.6 Å². The molecule has 4 nitrogen and oxygen atoms in total. The molecule has 2 aromatic rings. The van der Waals surface area contributed by atoms with Crippen molar-refractivity contribution in [1.29, 1.82) is 0 Å². The maximum atomic E-state index is 13.6.